The molecule has 0 aliphatic heterocycles. The monoisotopic (exact) mass is 278 g/mol. The summed E-state index contributed by atoms with van der Waals surface area (Å²) in [5.41, 5.74) is 1.39. The average molecular weight is 278 g/mol. The molecule has 1 aliphatic rings. The van der Waals surface area contributed by atoms with Crippen LogP contribution < -0.4 is 5.63 Å². The summed E-state index contributed by atoms with van der Waals surface area (Å²) in [6, 6.07) is 14.2. The van der Waals surface area contributed by atoms with Crippen LogP contribution >= 0.6 is 0 Å². The summed E-state index contributed by atoms with van der Waals surface area (Å²) < 4.78 is 5.35. The first-order chi connectivity index (χ1) is 10.3. The van der Waals surface area contributed by atoms with E-state index in [4.69, 9.17) is 4.42 Å². The van der Waals surface area contributed by atoms with Crippen molar-refractivity contribution in [1.29, 1.82) is 0 Å². The Kier molecular flexibility index (Phi) is 3.18. The molecule has 0 bridgehead atoms. The molecule has 3 heteroatoms. The molecular formula is C18H14O3. The third kappa shape index (κ3) is 1.82. The van der Waals surface area contributed by atoms with Crippen molar-refractivity contribution >= 4 is 16.6 Å². The highest BCUT2D eigenvalue weighted by atomic mass is 16.4. The Balaban J connectivity index is 0.000000636. The summed E-state index contributed by atoms with van der Waals surface area (Å²) in [7, 11) is 0. The van der Waals surface area contributed by atoms with Gasteiger partial charge >= 0.3 is 5.63 Å². The number of carbonyl (C=O) groups is 1. The van der Waals surface area contributed by atoms with Gasteiger partial charge in [-0.3, -0.25) is 4.79 Å². The predicted octanol–water partition coefficient (Wildman–Crippen LogP) is 4.03. The predicted molar refractivity (Wildman–Crippen MR) is 82.7 cm³/mol. The van der Waals surface area contributed by atoms with Crippen LogP contribution in [0.1, 0.15) is 29.8 Å². The van der Waals surface area contributed by atoms with E-state index in [1.54, 1.807) is 30.3 Å². The molecule has 0 radical (unpaired) electrons. The Labute approximate surface area is 121 Å². The lowest BCUT2D eigenvalue weighted by molar-refractivity contribution is 0.104. The lowest BCUT2D eigenvalue weighted by atomic mass is 10.0. The van der Waals surface area contributed by atoms with Crippen molar-refractivity contribution in [1.82, 2.24) is 0 Å². The van der Waals surface area contributed by atoms with Crippen LogP contribution in [0.15, 0.2) is 57.7 Å². The Morgan fingerprint density at radius 1 is 0.762 bits per heavy atom. The number of hydrogen-bond acceptors (Lipinski definition) is 3. The van der Waals surface area contributed by atoms with E-state index in [1.165, 1.54) is 0 Å². The number of benzene rings is 2. The van der Waals surface area contributed by atoms with Crippen molar-refractivity contribution in [3.05, 3.63) is 70.1 Å². The van der Waals surface area contributed by atoms with Crippen LogP contribution in [0.3, 0.4) is 0 Å². The fourth-order valence-corrected chi connectivity index (χ4v) is 2.63. The second kappa shape index (κ2) is 5.02. The van der Waals surface area contributed by atoms with E-state index in [1.807, 2.05) is 32.0 Å². The van der Waals surface area contributed by atoms with Gasteiger partial charge in [0.25, 0.3) is 0 Å². The summed E-state index contributed by atoms with van der Waals surface area (Å²) in [4.78, 5) is 24.4. The first kappa shape index (κ1) is 13.3. The highest BCUT2D eigenvalue weighted by molar-refractivity contribution is 6.26. The number of fused-ring (bicyclic) bond motifs is 5. The SMILES string of the molecule is CC.O=C1c2ccccc2-c2oc(=O)c3ccccc3c21. The Morgan fingerprint density at radius 3 is 2.05 bits per heavy atom. The zero-order valence-electron chi connectivity index (χ0n) is 11.8. The van der Waals surface area contributed by atoms with Gasteiger partial charge in [0.1, 0.15) is 0 Å². The molecule has 3 nitrogen and oxygen atoms in total. The molecule has 1 aromatic heterocycles. The van der Waals surface area contributed by atoms with Gasteiger partial charge in [0.05, 0.1) is 10.9 Å². The molecule has 3 aromatic rings. The minimum atomic E-state index is -0.404. The second-order valence-electron chi connectivity index (χ2n) is 4.51. The molecule has 0 atom stereocenters. The average Bonchev–Trinajstić information content (AvgIpc) is 2.83. The normalized spacial score (nSPS) is 11.6. The number of hydrogen-bond donors (Lipinski definition) is 0. The first-order valence-electron chi connectivity index (χ1n) is 6.97. The van der Waals surface area contributed by atoms with Crippen molar-refractivity contribution in [2.75, 3.05) is 0 Å². The molecule has 104 valence electrons. The van der Waals surface area contributed by atoms with Crippen LogP contribution in [-0.4, -0.2) is 5.78 Å². The molecule has 0 fully saturated rings. The van der Waals surface area contributed by atoms with E-state index in [-0.39, 0.29) is 5.78 Å². The molecule has 1 heterocycles. The van der Waals surface area contributed by atoms with Gasteiger partial charge in [-0.2, -0.15) is 0 Å². The molecule has 0 saturated carbocycles. The van der Waals surface area contributed by atoms with E-state index in [0.29, 0.717) is 33.2 Å². The van der Waals surface area contributed by atoms with Gasteiger partial charge in [0.2, 0.25) is 0 Å². The van der Waals surface area contributed by atoms with Crippen LogP contribution in [0.2, 0.25) is 0 Å². The topological polar surface area (TPSA) is 47.3 Å². The molecule has 0 saturated heterocycles. The quantitative estimate of drug-likeness (QED) is 0.488. The van der Waals surface area contributed by atoms with Gasteiger partial charge in [0.15, 0.2) is 11.5 Å². The molecule has 21 heavy (non-hydrogen) atoms. The van der Waals surface area contributed by atoms with Crippen molar-refractivity contribution in [2.45, 2.75) is 13.8 Å². The molecule has 0 N–H and O–H groups in total. The fourth-order valence-electron chi connectivity index (χ4n) is 2.63. The maximum atomic E-state index is 12.5. The van der Waals surface area contributed by atoms with Crippen LogP contribution in [0, 0.1) is 0 Å². The fraction of sp³-hybridized carbons (Fsp3) is 0.111. The van der Waals surface area contributed by atoms with Gasteiger partial charge in [0, 0.05) is 16.5 Å². The van der Waals surface area contributed by atoms with Crippen molar-refractivity contribution < 1.29 is 9.21 Å². The summed E-state index contributed by atoms with van der Waals surface area (Å²) in [5, 5.41) is 1.11. The van der Waals surface area contributed by atoms with Crippen LogP contribution in [0.25, 0.3) is 22.1 Å². The van der Waals surface area contributed by atoms with E-state index >= 15 is 0 Å². The van der Waals surface area contributed by atoms with Gasteiger partial charge in [-0.05, 0) is 6.07 Å². The standard InChI is InChI=1S/C16H8O3.C2H6/c17-14-10-6-2-3-7-11(10)15-13(14)9-5-1-4-8-12(9)16(18)19-15;1-2/h1-8H;1-2H3. The Hall–Kier alpha value is -2.68. The van der Waals surface area contributed by atoms with Crippen LogP contribution in [0.5, 0.6) is 0 Å². The van der Waals surface area contributed by atoms with Gasteiger partial charge in [-0.1, -0.05) is 56.3 Å². The summed E-state index contributed by atoms with van der Waals surface area (Å²) in [6.07, 6.45) is 0. The number of ketones is 1. The van der Waals surface area contributed by atoms with Crippen LogP contribution in [0.4, 0.5) is 0 Å². The second-order valence-corrected chi connectivity index (χ2v) is 4.51. The third-order valence-electron chi connectivity index (χ3n) is 3.48. The highest BCUT2D eigenvalue weighted by Crippen LogP contribution is 2.38. The smallest absolute Gasteiger partial charge is 0.344 e. The largest absolute Gasteiger partial charge is 0.421 e. The molecule has 4 rings (SSSR count). The maximum absolute atomic E-state index is 12.5. The maximum Gasteiger partial charge on any atom is 0.344 e. The van der Waals surface area contributed by atoms with Crippen molar-refractivity contribution in [3.8, 4) is 11.3 Å². The Morgan fingerprint density at radius 2 is 1.33 bits per heavy atom. The minimum absolute atomic E-state index is 0.0782. The van der Waals surface area contributed by atoms with Crippen molar-refractivity contribution in [3.63, 3.8) is 0 Å². The zero-order valence-corrected chi connectivity index (χ0v) is 11.8. The Bertz CT molecular complexity index is 904. The third-order valence-corrected chi connectivity index (χ3v) is 3.48. The molecule has 0 spiro atoms. The van der Waals surface area contributed by atoms with Crippen molar-refractivity contribution in [2.24, 2.45) is 0 Å². The summed E-state index contributed by atoms with van der Waals surface area (Å²) >= 11 is 0. The van der Waals surface area contributed by atoms with Gasteiger partial charge in [-0.25, -0.2) is 4.79 Å². The summed E-state index contributed by atoms with van der Waals surface area (Å²) in [6.45, 7) is 4.00. The molecule has 0 unspecified atom stereocenters. The van der Waals surface area contributed by atoms with E-state index in [2.05, 4.69) is 0 Å². The van der Waals surface area contributed by atoms with E-state index < -0.39 is 5.63 Å². The van der Waals surface area contributed by atoms with Gasteiger partial charge in [-0.15, -0.1) is 0 Å². The highest BCUT2D eigenvalue weighted by Gasteiger charge is 2.31. The van der Waals surface area contributed by atoms with Gasteiger partial charge < -0.3 is 4.42 Å². The summed E-state index contributed by atoms with van der Waals surface area (Å²) in [5.74, 6) is 0.315. The lowest BCUT2D eigenvalue weighted by Crippen LogP contribution is -2.04. The molecule has 2 aromatic carbocycles. The molecule has 1 aliphatic carbocycles. The number of carbonyl (C=O) groups excluding carboxylic acids is 1. The lowest BCUT2D eigenvalue weighted by Gasteiger charge is -2.02. The molecular weight excluding hydrogens is 264 g/mol. The van der Waals surface area contributed by atoms with E-state index in [0.717, 1.165) is 0 Å². The van der Waals surface area contributed by atoms with E-state index in [9.17, 15) is 9.59 Å². The zero-order chi connectivity index (χ0) is 15.0. The number of rotatable bonds is 0. The first-order valence-corrected chi connectivity index (χ1v) is 6.97. The van der Waals surface area contributed by atoms with Crippen LogP contribution in [-0.2, 0) is 0 Å². The minimum Gasteiger partial charge on any atom is -0.421 e. The molecule has 0 amide bonds.